The second-order valence-electron chi connectivity index (χ2n) is 8.38. The van der Waals surface area contributed by atoms with Crippen LogP contribution in [0.1, 0.15) is 55.1 Å². The number of para-hydroxylation sites is 1. The smallest absolute Gasteiger partial charge is 0.257 e. The summed E-state index contributed by atoms with van der Waals surface area (Å²) in [5, 5.41) is 9.66. The van der Waals surface area contributed by atoms with Gasteiger partial charge < -0.3 is 24.2 Å². The zero-order valence-electron chi connectivity index (χ0n) is 17.8. The molecule has 1 atom stereocenters. The summed E-state index contributed by atoms with van der Waals surface area (Å²) in [6.45, 7) is 5.30. The molecule has 0 radical (unpaired) electrons. The molecule has 4 rings (SSSR count). The van der Waals surface area contributed by atoms with Gasteiger partial charge in [0.1, 0.15) is 22.8 Å². The number of ether oxygens (including phenoxy) is 3. The molecule has 2 aliphatic rings. The third-order valence-electron chi connectivity index (χ3n) is 5.96. The van der Waals surface area contributed by atoms with Gasteiger partial charge in [0.2, 0.25) is 0 Å². The number of nitrogens with zero attached hydrogens (tertiary/aromatic N) is 1. The van der Waals surface area contributed by atoms with E-state index in [0.717, 1.165) is 30.6 Å². The van der Waals surface area contributed by atoms with Gasteiger partial charge in [0, 0.05) is 44.0 Å². The fraction of sp³-hybridized carbons (Fsp3) is 0.458. The highest BCUT2D eigenvalue weighted by molar-refractivity contribution is 5.97. The lowest BCUT2D eigenvalue weighted by Crippen LogP contribution is -2.52. The third-order valence-corrected chi connectivity index (χ3v) is 5.96. The van der Waals surface area contributed by atoms with Crippen molar-refractivity contribution in [2.75, 3.05) is 20.2 Å². The molecule has 1 N–H and O–H groups in total. The largest absolute Gasteiger partial charge is 0.508 e. The van der Waals surface area contributed by atoms with Crippen molar-refractivity contribution >= 4 is 5.91 Å². The van der Waals surface area contributed by atoms with Crippen LogP contribution in [-0.4, -0.2) is 47.8 Å². The Morgan fingerprint density at radius 3 is 2.63 bits per heavy atom. The molecule has 0 saturated carbocycles. The number of hydrogen-bond acceptors (Lipinski definition) is 5. The van der Waals surface area contributed by atoms with Gasteiger partial charge in [-0.05, 0) is 32.0 Å². The fourth-order valence-electron chi connectivity index (χ4n) is 4.46. The summed E-state index contributed by atoms with van der Waals surface area (Å²) in [7, 11) is 1.50. The molecule has 1 saturated heterocycles. The van der Waals surface area contributed by atoms with Crippen LogP contribution in [0.4, 0.5) is 0 Å². The van der Waals surface area contributed by atoms with E-state index < -0.39 is 0 Å². The average Bonchev–Trinajstić information content (AvgIpc) is 2.73. The average molecular weight is 411 g/mol. The number of fused-ring (bicyclic) bond motifs is 1. The summed E-state index contributed by atoms with van der Waals surface area (Å²) in [6.07, 6.45) is 2.39. The van der Waals surface area contributed by atoms with Crippen LogP contribution < -0.4 is 9.47 Å². The first-order valence-corrected chi connectivity index (χ1v) is 10.5. The van der Waals surface area contributed by atoms with Gasteiger partial charge >= 0.3 is 0 Å². The number of rotatable bonds is 4. The van der Waals surface area contributed by atoms with Crippen LogP contribution in [0, 0.1) is 0 Å². The van der Waals surface area contributed by atoms with Gasteiger partial charge in [0.05, 0.1) is 24.9 Å². The highest BCUT2D eigenvalue weighted by atomic mass is 16.5. The number of piperidine rings is 1. The molecule has 6 heteroatoms. The van der Waals surface area contributed by atoms with Crippen LogP contribution in [-0.2, 0) is 4.74 Å². The Labute approximate surface area is 177 Å². The summed E-state index contributed by atoms with van der Waals surface area (Å²) < 4.78 is 18.0. The third kappa shape index (κ3) is 3.97. The van der Waals surface area contributed by atoms with Gasteiger partial charge in [-0.1, -0.05) is 18.2 Å². The Kier molecular flexibility index (Phi) is 5.60. The van der Waals surface area contributed by atoms with Gasteiger partial charge in [0.15, 0.2) is 0 Å². The molecular weight excluding hydrogens is 382 g/mol. The van der Waals surface area contributed by atoms with Crippen LogP contribution in [0.2, 0.25) is 0 Å². The molecule has 2 aliphatic heterocycles. The molecule has 1 spiro atoms. The van der Waals surface area contributed by atoms with E-state index >= 15 is 0 Å². The van der Waals surface area contributed by atoms with Crippen LogP contribution in [0.15, 0.2) is 42.5 Å². The molecule has 6 nitrogen and oxygen atoms in total. The van der Waals surface area contributed by atoms with Crippen molar-refractivity contribution in [3.8, 4) is 17.2 Å². The van der Waals surface area contributed by atoms with Crippen molar-refractivity contribution in [1.82, 2.24) is 4.90 Å². The van der Waals surface area contributed by atoms with E-state index in [0.29, 0.717) is 24.4 Å². The number of likely N-dealkylation sites (tertiary alicyclic amines) is 1. The Balaban J connectivity index is 1.50. The second-order valence-corrected chi connectivity index (χ2v) is 8.38. The number of amides is 1. The molecule has 2 heterocycles. The number of aromatic hydroxyl groups is 1. The standard InChI is InChI=1S/C24H29NO5/c1-16(2)29-22-15-24(30-20-7-5-4-6-18(20)22)10-12-25(13-11-24)23(27)19-9-8-17(26)14-21(19)28-3/h4-9,14,16,22,26H,10-13,15H2,1-3H3/t22-/m1/s1. The number of benzene rings is 2. The summed E-state index contributed by atoms with van der Waals surface area (Å²) in [4.78, 5) is 14.9. The van der Waals surface area contributed by atoms with Gasteiger partial charge in [-0.3, -0.25) is 4.79 Å². The Morgan fingerprint density at radius 2 is 1.93 bits per heavy atom. The molecule has 0 unspecified atom stereocenters. The Bertz CT molecular complexity index is 918. The van der Waals surface area contributed by atoms with E-state index in [1.807, 2.05) is 23.1 Å². The van der Waals surface area contributed by atoms with Gasteiger partial charge in [0.25, 0.3) is 5.91 Å². The first-order valence-electron chi connectivity index (χ1n) is 10.5. The van der Waals surface area contributed by atoms with Crippen molar-refractivity contribution in [2.24, 2.45) is 0 Å². The van der Waals surface area contributed by atoms with Crippen LogP contribution in [0.5, 0.6) is 17.2 Å². The lowest BCUT2D eigenvalue weighted by molar-refractivity contribution is -0.0872. The minimum Gasteiger partial charge on any atom is -0.508 e. The zero-order valence-corrected chi connectivity index (χ0v) is 17.8. The summed E-state index contributed by atoms with van der Waals surface area (Å²) in [5.74, 6) is 1.25. The van der Waals surface area contributed by atoms with Crippen LogP contribution >= 0.6 is 0 Å². The molecule has 30 heavy (non-hydrogen) atoms. The SMILES string of the molecule is COc1cc(O)ccc1C(=O)N1CCC2(CC1)C[C@@H](OC(C)C)c1ccccc1O2. The van der Waals surface area contributed by atoms with E-state index in [1.165, 1.54) is 19.2 Å². The van der Waals surface area contributed by atoms with E-state index in [9.17, 15) is 9.90 Å². The van der Waals surface area contributed by atoms with Crippen molar-refractivity contribution in [1.29, 1.82) is 0 Å². The molecule has 0 bridgehead atoms. The molecule has 2 aromatic carbocycles. The summed E-state index contributed by atoms with van der Waals surface area (Å²) in [5.41, 5.74) is 1.23. The van der Waals surface area contributed by atoms with Crippen molar-refractivity contribution in [3.63, 3.8) is 0 Å². The minimum absolute atomic E-state index is 0.00519. The number of phenolic OH excluding ortho intramolecular Hbond substituents is 1. The van der Waals surface area contributed by atoms with Crippen molar-refractivity contribution in [3.05, 3.63) is 53.6 Å². The lowest BCUT2D eigenvalue weighted by atomic mass is 9.81. The van der Waals surface area contributed by atoms with Gasteiger partial charge in [-0.25, -0.2) is 0 Å². The molecule has 1 amide bonds. The van der Waals surface area contributed by atoms with Gasteiger partial charge in [-0.15, -0.1) is 0 Å². The Hall–Kier alpha value is -2.73. The number of phenols is 1. The van der Waals surface area contributed by atoms with E-state index in [4.69, 9.17) is 14.2 Å². The first kappa shape index (κ1) is 20.5. The fourth-order valence-corrected chi connectivity index (χ4v) is 4.46. The normalized spacial score (nSPS) is 20.0. The van der Waals surface area contributed by atoms with Crippen LogP contribution in [0.25, 0.3) is 0 Å². The molecule has 1 fully saturated rings. The quantitative estimate of drug-likeness (QED) is 0.811. The monoisotopic (exact) mass is 411 g/mol. The zero-order chi connectivity index (χ0) is 21.3. The topological polar surface area (TPSA) is 68.2 Å². The molecule has 2 aromatic rings. The molecular formula is C24H29NO5. The maximum absolute atomic E-state index is 13.1. The number of carbonyl (C=O) groups is 1. The Morgan fingerprint density at radius 1 is 1.20 bits per heavy atom. The van der Waals surface area contributed by atoms with Crippen molar-refractivity contribution < 1.29 is 24.1 Å². The van der Waals surface area contributed by atoms with Gasteiger partial charge in [-0.2, -0.15) is 0 Å². The first-order chi connectivity index (χ1) is 14.4. The number of carbonyl (C=O) groups excluding carboxylic acids is 1. The van der Waals surface area contributed by atoms with Crippen LogP contribution in [0.3, 0.4) is 0 Å². The summed E-state index contributed by atoms with van der Waals surface area (Å²) >= 11 is 0. The summed E-state index contributed by atoms with van der Waals surface area (Å²) in [6, 6.07) is 12.7. The van der Waals surface area contributed by atoms with E-state index in [2.05, 4.69) is 19.9 Å². The number of methoxy groups -OCH3 is 1. The molecule has 0 aliphatic carbocycles. The highest BCUT2D eigenvalue weighted by Crippen LogP contribution is 2.46. The molecule has 0 aromatic heterocycles. The lowest BCUT2D eigenvalue weighted by Gasteiger charge is -2.47. The maximum Gasteiger partial charge on any atom is 0.257 e. The predicted molar refractivity (Wildman–Crippen MR) is 113 cm³/mol. The van der Waals surface area contributed by atoms with Crippen molar-refractivity contribution in [2.45, 2.75) is 50.9 Å². The van der Waals surface area contributed by atoms with E-state index in [1.54, 1.807) is 6.07 Å². The minimum atomic E-state index is -0.330. The number of hydrogen-bond donors (Lipinski definition) is 1. The predicted octanol–water partition coefficient (Wildman–Crippen LogP) is 4.32. The molecule has 160 valence electrons. The maximum atomic E-state index is 13.1. The second kappa shape index (κ2) is 8.19. The highest BCUT2D eigenvalue weighted by Gasteiger charge is 2.44. The van der Waals surface area contributed by atoms with E-state index in [-0.39, 0.29) is 29.5 Å².